The van der Waals surface area contributed by atoms with Crippen molar-refractivity contribution in [1.82, 2.24) is 10.6 Å². The van der Waals surface area contributed by atoms with Crippen LogP contribution in [0.1, 0.15) is 58.4 Å². The normalized spacial score (nSPS) is 13.5. The van der Waals surface area contributed by atoms with Gasteiger partial charge in [0.1, 0.15) is 5.82 Å². The summed E-state index contributed by atoms with van der Waals surface area (Å²) in [5.74, 6) is -0.672. The Bertz CT molecular complexity index is 842. The predicted molar refractivity (Wildman–Crippen MR) is 108 cm³/mol. The highest BCUT2D eigenvalue weighted by Gasteiger charge is 2.10. The summed E-state index contributed by atoms with van der Waals surface area (Å²) >= 11 is 0. The van der Waals surface area contributed by atoms with Crippen molar-refractivity contribution in [2.75, 3.05) is 6.54 Å². The molecule has 5 heteroatoms. The van der Waals surface area contributed by atoms with Crippen molar-refractivity contribution in [1.29, 1.82) is 0 Å². The Morgan fingerprint density at radius 1 is 0.857 bits per heavy atom. The van der Waals surface area contributed by atoms with Gasteiger partial charge in [-0.3, -0.25) is 9.59 Å². The monoisotopic (exact) mass is 380 g/mol. The van der Waals surface area contributed by atoms with Crippen LogP contribution in [0.3, 0.4) is 0 Å². The lowest BCUT2D eigenvalue weighted by Crippen LogP contribution is -2.25. The first kappa shape index (κ1) is 19.8. The summed E-state index contributed by atoms with van der Waals surface area (Å²) in [6.07, 6.45) is 7.97. The van der Waals surface area contributed by atoms with Crippen LogP contribution in [0.2, 0.25) is 0 Å². The maximum absolute atomic E-state index is 12.9. The Labute approximate surface area is 164 Å². The first-order valence-corrected chi connectivity index (χ1v) is 9.70. The largest absolute Gasteiger partial charge is 0.352 e. The van der Waals surface area contributed by atoms with Gasteiger partial charge in [-0.15, -0.1) is 0 Å². The molecular weight excluding hydrogens is 355 g/mol. The van der Waals surface area contributed by atoms with Gasteiger partial charge in [0.2, 0.25) is 0 Å². The summed E-state index contributed by atoms with van der Waals surface area (Å²) in [4.78, 5) is 24.5. The van der Waals surface area contributed by atoms with E-state index in [1.165, 1.54) is 30.5 Å². The second-order valence-electron chi connectivity index (χ2n) is 7.00. The number of benzene rings is 2. The second kappa shape index (κ2) is 9.83. The lowest BCUT2D eigenvalue weighted by Gasteiger charge is -2.13. The predicted octanol–water partition coefficient (Wildman–Crippen LogP) is 4.38. The smallest absolute Gasteiger partial charge is 0.251 e. The van der Waals surface area contributed by atoms with E-state index in [9.17, 15) is 14.0 Å². The van der Waals surface area contributed by atoms with Crippen molar-refractivity contribution >= 4 is 11.8 Å². The minimum atomic E-state index is -0.306. The summed E-state index contributed by atoms with van der Waals surface area (Å²) in [5.41, 5.74) is 3.26. The molecule has 0 spiro atoms. The van der Waals surface area contributed by atoms with Crippen molar-refractivity contribution in [2.24, 2.45) is 0 Å². The molecule has 0 heterocycles. The molecule has 0 atom stereocenters. The first-order chi connectivity index (χ1) is 13.6. The van der Waals surface area contributed by atoms with Gasteiger partial charge in [-0.1, -0.05) is 23.8 Å². The SMILES string of the molecule is O=C(NCCC1=CCCCC1)c1ccc(C(=O)NCc2ccc(F)cc2)cc1. The highest BCUT2D eigenvalue weighted by atomic mass is 19.1. The number of hydrogen-bond donors (Lipinski definition) is 2. The number of amides is 2. The summed E-state index contributed by atoms with van der Waals surface area (Å²) in [6, 6.07) is 12.6. The van der Waals surface area contributed by atoms with Crippen LogP contribution in [0, 0.1) is 5.82 Å². The minimum Gasteiger partial charge on any atom is -0.352 e. The third-order valence-electron chi connectivity index (χ3n) is 4.89. The average molecular weight is 380 g/mol. The van der Waals surface area contributed by atoms with Crippen molar-refractivity contribution in [2.45, 2.75) is 38.6 Å². The summed E-state index contributed by atoms with van der Waals surface area (Å²) in [5, 5.41) is 5.72. The zero-order chi connectivity index (χ0) is 19.8. The van der Waals surface area contributed by atoms with Crippen LogP contribution in [-0.4, -0.2) is 18.4 Å². The Kier molecular flexibility index (Phi) is 6.95. The van der Waals surface area contributed by atoms with Gasteiger partial charge in [0.05, 0.1) is 0 Å². The van der Waals surface area contributed by atoms with E-state index in [-0.39, 0.29) is 17.6 Å². The van der Waals surface area contributed by atoms with Crippen LogP contribution >= 0.6 is 0 Å². The highest BCUT2D eigenvalue weighted by Crippen LogP contribution is 2.19. The molecule has 0 aliphatic heterocycles. The Hall–Kier alpha value is -2.95. The molecule has 3 rings (SSSR count). The maximum Gasteiger partial charge on any atom is 0.251 e. The topological polar surface area (TPSA) is 58.2 Å². The zero-order valence-corrected chi connectivity index (χ0v) is 15.8. The van der Waals surface area contributed by atoms with E-state index in [1.54, 1.807) is 36.4 Å². The van der Waals surface area contributed by atoms with E-state index in [0.717, 1.165) is 24.8 Å². The lowest BCUT2D eigenvalue weighted by molar-refractivity contribution is 0.0940. The van der Waals surface area contributed by atoms with Gasteiger partial charge in [-0.2, -0.15) is 0 Å². The third-order valence-corrected chi connectivity index (χ3v) is 4.89. The molecule has 0 unspecified atom stereocenters. The number of rotatable bonds is 7. The Balaban J connectivity index is 1.46. The molecule has 0 saturated heterocycles. The van der Waals surface area contributed by atoms with E-state index in [0.29, 0.717) is 24.2 Å². The molecule has 2 aromatic rings. The van der Waals surface area contributed by atoms with Crippen LogP contribution in [0.25, 0.3) is 0 Å². The average Bonchev–Trinajstić information content (AvgIpc) is 2.74. The van der Waals surface area contributed by atoms with Gasteiger partial charge in [0.15, 0.2) is 0 Å². The van der Waals surface area contributed by atoms with E-state index in [2.05, 4.69) is 16.7 Å². The number of carbonyl (C=O) groups is 2. The van der Waals surface area contributed by atoms with Crippen LogP contribution in [-0.2, 0) is 6.54 Å². The fraction of sp³-hybridized carbons (Fsp3) is 0.304. The van der Waals surface area contributed by atoms with Crippen LogP contribution < -0.4 is 10.6 Å². The number of carbonyl (C=O) groups excluding carboxylic acids is 2. The molecule has 2 N–H and O–H groups in total. The molecule has 0 fully saturated rings. The fourth-order valence-corrected chi connectivity index (χ4v) is 3.23. The fourth-order valence-electron chi connectivity index (χ4n) is 3.23. The molecule has 1 aliphatic rings. The van der Waals surface area contributed by atoms with Gasteiger partial charge in [0, 0.05) is 24.2 Å². The third kappa shape index (κ3) is 5.78. The maximum atomic E-state index is 12.9. The zero-order valence-electron chi connectivity index (χ0n) is 15.8. The van der Waals surface area contributed by atoms with Crippen molar-refractivity contribution in [3.63, 3.8) is 0 Å². The van der Waals surface area contributed by atoms with E-state index >= 15 is 0 Å². The molecule has 0 radical (unpaired) electrons. The van der Waals surface area contributed by atoms with E-state index < -0.39 is 0 Å². The highest BCUT2D eigenvalue weighted by molar-refractivity contribution is 5.97. The molecule has 2 amide bonds. The lowest BCUT2D eigenvalue weighted by atomic mass is 9.97. The number of allylic oxidation sites excluding steroid dienone is 1. The van der Waals surface area contributed by atoms with E-state index in [1.807, 2.05) is 0 Å². The van der Waals surface area contributed by atoms with Crippen molar-refractivity contribution in [3.8, 4) is 0 Å². The molecule has 146 valence electrons. The standard InChI is InChI=1S/C23H25FN2O2/c24-21-12-6-18(7-13-21)16-26-23(28)20-10-8-19(9-11-20)22(27)25-15-14-17-4-2-1-3-5-17/h4,6-13H,1-3,5,14-16H2,(H,25,27)(H,26,28). The molecule has 0 bridgehead atoms. The number of halogens is 1. The van der Waals surface area contributed by atoms with Gasteiger partial charge < -0.3 is 10.6 Å². The van der Waals surface area contributed by atoms with Crippen LogP contribution in [0.15, 0.2) is 60.2 Å². The molecule has 1 aliphatic carbocycles. The van der Waals surface area contributed by atoms with Crippen LogP contribution in [0.4, 0.5) is 4.39 Å². The van der Waals surface area contributed by atoms with E-state index in [4.69, 9.17) is 0 Å². The molecule has 2 aromatic carbocycles. The summed E-state index contributed by atoms with van der Waals surface area (Å²) in [6.45, 7) is 0.946. The van der Waals surface area contributed by atoms with Crippen LogP contribution in [0.5, 0.6) is 0 Å². The minimum absolute atomic E-state index is 0.130. The van der Waals surface area contributed by atoms with Gasteiger partial charge in [0.25, 0.3) is 11.8 Å². The Morgan fingerprint density at radius 3 is 2.11 bits per heavy atom. The number of hydrogen-bond acceptors (Lipinski definition) is 2. The quantitative estimate of drug-likeness (QED) is 0.701. The van der Waals surface area contributed by atoms with Gasteiger partial charge >= 0.3 is 0 Å². The molecular formula is C23H25FN2O2. The molecule has 0 aromatic heterocycles. The van der Waals surface area contributed by atoms with Crippen molar-refractivity contribution < 1.29 is 14.0 Å². The molecule has 0 saturated carbocycles. The van der Waals surface area contributed by atoms with Gasteiger partial charge in [-0.25, -0.2) is 4.39 Å². The Morgan fingerprint density at radius 2 is 1.50 bits per heavy atom. The van der Waals surface area contributed by atoms with Crippen molar-refractivity contribution in [3.05, 3.63) is 82.7 Å². The molecule has 28 heavy (non-hydrogen) atoms. The first-order valence-electron chi connectivity index (χ1n) is 9.70. The second-order valence-corrected chi connectivity index (χ2v) is 7.00. The summed E-state index contributed by atoms with van der Waals surface area (Å²) < 4.78 is 12.9. The summed E-state index contributed by atoms with van der Waals surface area (Å²) in [7, 11) is 0. The molecule has 4 nitrogen and oxygen atoms in total. The van der Waals surface area contributed by atoms with Gasteiger partial charge in [-0.05, 0) is 74.1 Å². The number of nitrogens with one attached hydrogen (secondary N) is 2.